The van der Waals surface area contributed by atoms with Crippen LogP contribution in [0.5, 0.6) is 11.5 Å². The number of hydrogen-bond acceptors (Lipinski definition) is 3. The van der Waals surface area contributed by atoms with Crippen molar-refractivity contribution in [3.63, 3.8) is 0 Å². The van der Waals surface area contributed by atoms with Gasteiger partial charge in [0.1, 0.15) is 17.6 Å². The Hall–Kier alpha value is -0.740. The zero-order chi connectivity index (χ0) is 14.7. The Kier molecular flexibility index (Phi) is 4.75. The molecule has 0 N–H and O–H groups in total. The normalized spacial score (nSPS) is 24.2. The molecule has 1 unspecified atom stereocenters. The molecule has 1 saturated heterocycles. The number of ether oxygens (including phenoxy) is 3. The van der Waals surface area contributed by atoms with Crippen LogP contribution in [0.1, 0.15) is 44.1 Å². The summed E-state index contributed by atoms with van der Waals surface area (Å²) in [6, 6.07) is 6.03. The molecular weight excluding hydrogens is 332 g/mol. The lowest BCUT2D eigenvalue weighted by Crippen LogP contribution is -2.41. The van der Waals surface area contributed by atoms with Gasteiger partial charge in [0.05, 0.1) is 19.3 Å². The zero-order valence-corrected chi connectivity index (χ0v) is 14.2. The van der Waals surface area contributed by atoms with Crippen molar-refractivity contribution in [2.45, 2.75) is 55.6 Å². The summed E-state index contributed by atoms with van der Waals surface area (Å²) < 4.78 is 17.7. The van der Waals surface area contributed by atoms with Crippen LogP contribution in [0.4, 0.5) is 0 Å². The average molecular weight is 355 g/mol. The molecule has 3 rings (SSSR count). The van der Waals surface area contributed by atoms with Gasteiger partial charge in [0, 0.05) is 29.8 Å². The fourth-order valence-corrected chi connectivity index (χ4v) is 3.98. The highest BCUT2D eigenvalue weighted by Gasteiger charge is 2.40. The van der Waals surface area contributed by atoms with Gasteiger partial charge in [-0.25, -0.2) is 0 Å². The van der Waals surface area contributed by atoms with E-state index in [1.807, 2.05) is 12.1 Å². The summed E-state index contributed by atoms with van der Waals surface area (Å²) >= 11 is 3.53. The highest BCUT2D eigenvalue weighted by atomic mass is 79.9. The van der Waals surface area contributed by atoms with Gasteiger partial charge in [-0.15, -0.1) is 0 Å². The Morgan fingerprint density at radius 3 is 2.86 bits per heavy atom. The zero-order valence-electron chi connectivity index (χ0n) is 12.6. The van der Waals surface area contributed by atoms with Crippen molar-refractivity contribution in [2.75, 3.05) is 13.7 Å². The maximum atomic E-state index is 6.32. The summed E-state index contributed by atoms with van der Waals surface area (Å²) in [5.74, 6) is 1.78. The summed E-state index contributed by atoms with van der Waals surface area (Å²) in [4.78, 5) is 0. The maximum absolute atomic E-state index is 6.32. The lowest BCUT2D eigenvalue weighted by molar-refractivity contribution is -0.108. The van der Waals surface area contributed by atoms with Crippen LogP contribution in [0.15, 0.2) is 18.2 Å². The second kappa shape index (κ2) is 6.57. The van der Waals surface area contributed by atoms with Crippen LogP contribution in [-0.4, -0.2) is 25.4 Å². The molecule has 4 heteroatoms. The Bertz CT molecular complexity index is 483. The first-order valence-corrected chi connectivity index (χ1v) is 8.90. The van der Waals surface area contributed by atoms with Crippen LogP contribution < -0.4 is 9.47 Å². The average Bonchev–Trinajstić information content (AvgIpc) is 2.95. The topological polar surface area (TPSA) is 27.7 Å². The van der Waals surface area contributed by atoms with Crippen LogP contribution >= 0.6 is 15.9 Å². The molecule has 0 aromatic heterocycles. The van der Waals surface area contributed by atoms with Gasteiger partial charge in [-0.2, -0.15) is 0 Å². The van der Waals surface area contributed by atoms with E-state index in [2.05, 4.69) is 22.0 Å². The van der Waals surface area contributed by atoms with Gasteiger partial charge in [-0.05, 0) is 18.9 Å². The molecule has 1 aliphatic heterocycles. The summed E-state index contributed by atoms with van der Waals surface area (Å²) in [5.41, 5.74) is 1.26. The molecule has 3 nitrogen and oxygen atoms in total. The van der Waals surface area contributed by atoms with Crippen molar-refractivity contribution in [1.29, 1.82) is 0 Å². The van der Waals surface area contributed by atoms with Crippen LogP contribution in [0.2, 0.25) is 0 Å². The van der Waals surface area contributed by atoms with E-state index in [1.54, 1.807) is 7.11 Å². The highest BCUT2D eigenvalue weighted by Crippen LogP contribution is 2.41. The quantitative estimate of drug-likeness (QED) is 0.747. The van der Waals surface area contributed by atoms with Crippen LogP contribution in [0.3, 0.4) is 0 Å². The van der Waals surface area contributed by atoms with Gasteiger partial charge < -0.3 is 14.2 Å². The predicted molar refractivity (Wildman–Crippen MR) is 86.4 cm³/mol. The van der Waals surface area contributed by atoms with E-state index in [-0.39, 0.29) is 11.7 Å². The number of alkyl halides is 1. The Morgan fingerprint density at radius 1 is 1.33 bits per heavy atom. The van der Waals surface area contributed by atoms with Crippen molar-refractivity contribution in [3.8, 4) is 11.5 Å². The number of hydrogen-bond donors (Lipinski definition) is 0. The molecule has 2 fully saturated rings. The number of halogens is 1. The van der Waals surface area contributed by atoms with Crippen molar-refractivity contribution in [2.24, 2.45) is 0 Å². The van der Waals surface area contributed by atoms with E-state index in [0.29, 0.717) is 0 Å². The van der Waals surface area contributed by atoms with Gasteiger partial charge in [0.2, 0.25) is 0 Å². The molecule has 1 aliphatic carbocycles. The van der Waals surface area contributed by atoms with Crippen molar-refractivity contribution < 1.29 is 14.2 Å². The van der Waals surface area contributed by atoms with Gasteiger partial charge in [-0.1, -0.05) is 34.8 Å². The Labute approximate surface area is 135 Å². The fraction of sp³-hybridized carbons (Fsp3) is 0.647. The number of rotatable bonds is 4. The molecule has 1 saturated carbocycles. The predicted octanol–water partition coefficient (Wildman–Crippen LogP) is 4.46. The standard InChI is InChI=1S/C17H23BrO3/c1-19-14-5-4-13(12-18)16(10-14)21-15-6-9-20-17(11-15)7-2-3-8-17/h4-5,10,15H,2-3,6-9,11-12H2,1H3. The molecule has 0 bridgehead atoms. The Balaban J connectivity index is 1.73. The van der Waals surface area contributed by atoms with E-state index in [0.717, 1.165) is 36.3 Å². The molecule has 0 radical (unpaired) electrons. The second-order valence-electron chi connectivity index (χ2n) is 6.08. The third-order valence-corrected chi connectivity index (χ3v) is 5.28. The molecule has 1 aromatic rings. The SMILES string of the molecule is COc1ccc(CBr)c(OC2CCOC3(CCCC3)C2)c1. The summed E-state index contributed by atoms with van der Waals surface area (Å²) in [7, 11) is 1.69. The highest BCUT2D eigenvalue weighted by molar-refractivity contribution is 9.08. The van der Waals surface area contributed by atoms with E-state index < -0.39 is 0 Å². The van der Waals surface area contributed by atoms with E-state index >= 15 is 0 Å². The summed E-state index contributed by atoms with van der Waals surface area (Å²) in [6.07, 6.45) is 7.21. The first-order valence-electron chi connectivity index (χ1n) is 7.78. The third kappa shape index (κ3) is 3.37. The Morgan fingerprint density at radius 2 is 2.14 bits per heavy atom. The van der Waals surface area contributed by atoms with Crippen molar-refractivity contribution in [1.82, 2.24) is 0 Å². The van der Waals surface area contributed by atoms with E-state index in [4.69, 9.17) is 14.2 Å². The minimum absolute atomic E-state index is 0.0936. The molecule has 116 valence electrons. The van der Waals surface area contributed by atoms with E-state index in [9.17, 15) is 0 Å². The monoisotopic (exact) mass is 354 g/mol. The van der Waals surface area contributed by atoms with Gasteiger partial charge >= 0.3 is 0 Å². The maximum Gasteiger partial charge on any atom is 0.127 e. The smallest absolute Gasteiger partial charge is 0.127 e. The third-order valence-electron chi connectivity index (χ3n) is 4.67. The minimum atomic E-state index is 0.0936. The lowest BCUT2D eigenvalue weighted by atomic mass is 9.90. The molecule has 1 aromatic carbocycles. The van der Waals surface area contributed by atoms with Gasteiger partial charge in [0.15, 0.2) is 0 Å². The largest absolute Gasteiger partial charge is 0.497 e. The van der Waals surface area contributed by atoms with Gasteiger partial charge in [-0.3, -0.25) is 0 Å². The number of benzene rings is 1. The van der Waals surface area contributed by atoms with Crippen LogP contribution in [-0.2, 0) is 10.1 Å². The molecular formula is C17H23BrO3. The lowest BCUT2D eigenvalue weighted by Gasteiger charge is -2.38. The fourth-order valence-electron chi connectivity index (χ4n) is 3.51. The minimum Gasteiger partial charge on any atom is -0.497 e. The van der Waals surface area contributed by atoms with Gasteiger partial charge in [0.25, 0.3) is 0 Å². The first kappa shape index (κ1) is 15.2. The molecule has 2 aliphatic rings. The first-order chi connectivity index (χ1) is 10.2. The molecule has 1 atom stereocenters. The van der Waals surface area contributed by atoms with Crippen molar-refractivity contribution >= 4 is 15.9 Å². The second-order valence-corrected chi connectivity index (χ2v) is 6.64. The van der Waals surface area contributed by atoms with E-state index in [1.165, 1.54) is 31.2 Å². The molecule has 1 spiro atoms. The van der Waals surface area contributed by atoms with Crippen molar-refractivity contribution in [3.05, 3.63) is 23.8 Å². The molecule has 1 heterocycles. The summed E-state index contributed by atoms with van der Waals surface area (Å²) in [6.45, 7) is 0.818. The number of methoxy groups -OCH3 is 1. The molecule has 21 heavy (non-hydrogen) atoms. The van der Waals surface area contributed by atoms with Crippen LogP contribution in [0, 0.1) is 0 Å². The van der Waals surface area contributed by atoms with Crippen LogP contribution in [0.25, 0.3) is 0 Å². The molecule has 0 amide bonds. The summed E-state index contributed by atoms with van der Waals surface area (Å²) in [5, 5.41) is 0.792.